The molecule has 1 aliphatic rings. The summed E-state index contributed by atoms with van der Waals surface area (Å²) in [6, 6.07) is 1.80. The molecule has 0 bridgehead atoms. The zero-order chi connectivity index (χ0) is 10.3. The fraction of sp³-hybridized carbons (Fsp3) is 0.545. The van der Waals surface area contributed by atoms with Gasteiger partial charge in [0.1, 0.15) is 11.5 Å². The third-order valence-electron chi connectivity index (χ3n) is 2.59. The van der Waals surface area contributed by atoms with Gasteiger partial charge in [0.25, 0.3) is 0 Å². The molecule has 14 heavy (non-hydrogen) atoms. The molecule has 1 unspecified atom stereocenters. The monoisotopic (exact) mass is 193 g/mol. The minimum atomic E-state index is -0.0684. The van der Waals surface area contributed by atoms with Gasteiger partial charge in [0, 0.05) is 24.8 Å². The summed E-state index contributed by atoms with van der Waals surface area (Å²) in [5.74, 6) is 2.11. The number of rotatable bonds is 1. The predicted molar refractivity (Wildman–Crippen MR) is 53.4 cm³/mol. The minimum Gasteiger partial charge on any atom is -0.465 e. The predicted octanol–water partition coefficient (Wildman–Crippen LogP) is 1.86. The fourth-order valence-electron chi connectivity index (χ4n) is 1.78. The molecular weight excluding hydrogens is 178 g/mol. The topological polar surface area (TPSA) is 56.2 Å². The van der Waals surface area contributed by atoms with Crippen LogP contribution in [0.3, 0.4) is 0 Å². The summed E-state index contributed by atoms with van der Waals surface area (Å²) < 4.78 is 5.61. The number of carbonyl (C=O) groups excluding carboxylic acids is 1. The van der Waals surface area contributed by atoms with E-state index in [2.05, 4.69) is 13.8 Å². The highest BCUT2D eigenvalue weighted by molar-refractivity contribution is 5.98. The summed E-state index contributed by atoms with van der Waals surface area (Å²) in [6.07, 6.45) is 1.14. The first kappa shape index (κ1) is 9.46. The van der Waals surface area contributed by atoms with Crippen molar-refractivity contribution >= 4 is 5.78 Å². The van der Waals surface area contributed by atoms with Gasteiger partial charge < -0.3 is 10.2 Å². The van der Waals surface area contributed by atoms with E-state index in [-0.39, 0.29) is 11.8 Å². The van der Waals surface area contributed by atoms with Crippen molar-refractivity contribution in [3.63, 3.8) is 0 Å². The Kier molecular flexibility index (Phi) is 2.19. The molecule has 2 rings (SSSR count). The third-order valence-corrected chi connectivity index (χ3v) is 2.59. The molecule has 1 aromatic heterocycles. The highest BCUT2D eigenvalue weighted by atomic mass is 16.3. The van der Waals surface area contributed by atoms with Crippen molar-refractivity contribution in [1.82, 2.24) is 0 Å². The lowest BCUT2D eigenvalue weighted by molar-refractivity contribution is 0.0962. The van der Waals surface area contributed by atoms with Crippen molar-refractivity contribution in [2.24, 2.45) is 5.73 Å². The van der Waals surface area contributed by atoms with Crippen molar-refractivity contribution < 1.29 is 9.21 Å². The summed E-state index contributed by atoms with van der Waals surface area (Å²) in [4.78, 5) is 11.6. The van der Waals surface area contributed by atoms with Crippen LogP contribution in [0.2, 0.25) is 0 Å². The summed E-state index contributed by atoms with van der Waals surface area (Å²) in [6.45, 7) is 4.10. The average Bonchev–Trinajstić information content (AvgIpc) is 2.47. The van der Waals surface area contributed by atoms with Crippen molar-refractivity contribution in [2.75, 3.05) is 0 Å². The number of nitrogens with two attached hydrogens (primary N) is 1. The van der Waals surface area contributed by atoms with Gasteiger partial charge in [-0.15, -0.1) is 0 Å². The number of ketones is 1. The fourth-order valence-corrected chi connectivity index (χ4v) is 1.78. The molecule has 1 atom stereocenters. The Morgan fingerprint density at radius 2 is 2.21 bits per heavy atom. The summed E-state index contributed by atoms with van der Waals surface area (Å²) in [5, 5.41) is 0. The van der Waals surface area contributed by atoms with Crippen LogP contribution in [0.25, 0.3) is 0 Å². The van der Waals surface area contributed by atoms with E-state index in [1.54, 1.807) is 0 Å². The number of hydrogen-bond acceptors (Lipinski definition) is 3. The molecule has 2 N–H and O–H groups in total. The van der Waals surface area contributed by atoms with Crippen molar-refractivity contribution in [3.05, 3.63) is 23.2 Å². The quantitative estimate of drug-likeness (QED) is 0.740. The van der Waals surface area contributed by atoms with Crippen LogP contribution in [-0.4, -0.2) is 11.8 Å². The first-order valence-electron chi connectivity index (χ1n) is 4.99. The average molecular weight is 193 g/mol. The Hall–Kier alpha value is -1.09. The Morgan fingerprint density at radius 1 is 1.50 bits per heavy atom. The van der Waals surface area contributed by atoms with Gasteiger partial charge in [0.05, 0.1) is 5.56 Å². The van der Waals surface area contributed by atoms with Gasteiger partial charge in [0.2, 0.25) is 0 Å². The van der Waals surface area contributed by atoms with Crippen LogP contribution in [0.1, 0.15) is 48.1 Å². The van der Waals surface area contributed by atoms with Crippen molar-refractivity contribution in [3.8, 4) is 0 Å². The number of furan rings is 1. The van der Waals surface area contributed by atoms with Crippen LogP contribution in [-0.2, 0) is 6.42 Å². The maximum Gasteiger partial charge on any atom is 0.167 e. The molecule has 0 radical (unpaired) electrons. The van der Waals surface area contributed by atoms with Crippen LogP contribution in [0.4, 0.5) is 0 Å². The van der Waals surface area contributed by atoms with Gasteiger partial charge in [-0.1, -0.05) is 13.8 Å². The second-order valence-electron chi connectivity index (χ2n) is 4.23. The first-order chi connectivity index (χ1) is 6.58. The maximum atomic E-state index is 11.6. The molecule has 0 aliphatic heterocycles. The number of hydrogen-bond donors (Lipinski definition) is 1. The molecular formula is C11H15NO2. The van der Waals surface area contributed by atoms with Gasteiger partial charge in [-0.3, -0.25) is 4.79 Å². The molecule has 0 spiro atoms. The zero-order valence-corrected chi connectivity index (χ0v) is 8.54. The van der Waals surface area contributed by atoms with E-state index in [0.717, 1.165) is 17.1 Å². The lowest BCUT2D eigenvalue weighted by Crippen LogP contribution is -2.30. The Morgan fingerprint density at radius 3 is 2.86 bits per heavy atom. The van der Waals surface area contributed by atoms with E-state index in [0.29, 0.717) is 18.8 Å². The molecule has 76 valence electrons. The zero-order valence-electron chi connectivity index (χ0n) is 8.54. The largest absolute Gasteiger partial charge is 0.465 e. The van der Waals surface area contributed by atoms with E-state index < -0.39 is 0 Å². The van der Waals surface area contributed by atoms with Gasteiger partial charge >= 0.3 is 0 Å². The summed E-state index contributed by atoms with van der Waals surface area (Å²) in [5.41, 5.74) is 6.49. The molecule has 0 saturated heterocycles. The first-order valence-corrected chi connectivity index (χ1v) is 4.99. The highest BCUT2D eigenvalue weighted by Crippen LogP contribution is 2.27. The molecule has 1 aliphatic carbocycles. The van der Waals surface area contributed by atoms with Crippen LogP contribution < -0.4 is 5.73 Å². The van der Waals surface area contributed by atoms with E-state index in [1.807, 2.05) is 6.07 Å². The molecule has 0 fully saturated rings. The van der Waals surface area contributed by atoms with Crippen LogP contribution >= 0.6 is 0 Å². The second kappa shape index (κ2) is 3.24. The third kappa shape index (κ3) is 1.48. The molecule has 1 heterocycles. The van der Waals surface area contributed by atoms with Gasteiger partial charge in [-0.2, -0.15) is 0 Å². The lowest BCUT2D eigenvalue weighted by Gasteiger charge is -2.14. The second-order valence-corrected chi connectivity index (χ2v) is 4.23. The molecule has 1 aromatic rings. The van der Waals surface area contributed by atoms with Gasteiger partial charge in [-0.05, 0) is 6.07 Å². The molecule has 0 saturated carbocycles. The highest BCUT2D eigenvalue weighted by Gasteiger charge is 2.27. The minimum absolute atomic E-state index is 0.0684. The Labute approximate surface area is 83.3 Å². The number of fused-ring (bicyclic) bond motifs is 1. The normalized spacial score (nSPS) is 21.4. The van der Waals surface area contributed by atoms with Crippen LogP contribution in [0.5, 0.6) is 0 Å². The molecule has 0 amide bonds. The van der Waals surface area contributed by atoms with Crippen LogP contribution in [0, 0.1) is 0 Å². The SMILES string of the molecule is CC(C)c1cc2c(o1)CC(N)CC2=O. The Balaban J connectivity index is 2.40. The molecule has 3 nitrogen and oxygen atoms in total. The smallest absolute Gasteiger partial charge is 0.167 e. The summed E-state index contributed by atoms with van der Waals surface area (Å²) >= 11 is 0. The van der Waals surface area contributed by atoms with Crippen LogP contribution in [0.15, 0.2) is 10.5 Å². The van der Waals surface area contributed by atoms with E-state index in [9.17, 15) is 4.79 Å². The maximum absolute atomic E-state index is 11.6. The Bertz CT molecular complexity index is 365. The van der Waals surface area contributed by atoms with Gasteiger partial charge in [0.15, 0.2) is 5.78 Å². The number of Topliss-reactive ketones (excluding diaryl/α,β-unsaturated/α-hetero) is 1. The number of carbonyl (C=O) groups is 1. The standard InChI is InChI=1S/C11H15NO2/c1-6(2)10-5-8-9(13)3-7(12)4-11(8)14-10/h5-7H,3-4,12H2,1-2H3. The molecule has 3 heteroatoms. The lowest BCUT2D eigenvalue weighted by atomic mass is 9.93. The van der Waals surface area contributed by atoms with Gasteiger partial charge in [-0.25, -0.2) is 0 Å². The molecule has 0 aromatic carbocycles. The van der Waals surface area contributed by atoms with E-state index in [1.165, 1.54) is 0 Å². The van der Waals surface area contributed by atoms with Crippen molar-refractivity contribution in [2.45, 2.75) is 38.6 Å². The van der Waals surface area contributed by atoms with E-state index in [4.69, 9.17) is 10.2 Å². The van der Waals surface area contributed by atoms with Crippen molar-refractivity contribution in [1.29, 1.82) is 0 Å². The van der Waals surface area contributed by atoms with E-state index >= 15 is 0 Å². The summed E-state index contributed by atoms with van der Waals surface area (Å²) in [7, 11) is 0.